The fourth-order valence-electron chi connectivity index (χ4n) is 2.83. The standard InChI is InChI=1S/C20H18O3/c1-3-5-6-13(4-2)20-16-9-7-14(21)11-18(16)23-19-12-15(22)8-10-17(19)20/h3-12,20-22H,2H2,1H3/b5-3-,13-6+. The van der Waals surface area contributed by atoms with E-state index in [2.05, 4.69) is 6.58 Å². The molecule has 0 atom stereocenters. The van der Waals surface area contributed by atoms with Crippen molar-refractivity contribution in [2.45, 2.75) is 12.8 Å². The van der Waals surface area contributed by atoms with Crippen molar-refractivity contribution in [2.75, 3.05) is 0 Å². The first-order valence-corrected chi connectivity index (χ1v) is 7.43. The molecule has 3 rings (SSSR count). The van der Waals surface area contributed by atoms with Gasteiger partial charge >= 0.3 is 0 Å². The maximum atomic E-state index is 9.74. The number of aromatic hydroxyl groups is 2. The highest BCUT2D eigenvalue weighted by Crippen LogP contribution is 2.49. The van der Waals surface area contributed by atoms with E-state index in [1.165, 1.54) is 0 Å². The summed E-state index contributed by atoms with van der Waals surface area (Å²) < 4.78 is 5.87. The van der Waals surface area contributed by atoms with E-state index in [0.717, 1.165) is 16.7 Å². The molecular formula is C20H18O3. The van der Waals surface area contributed by atoms with Gasteiger partial charge in [0.05, 0.1) is 0 Å². The van der Waals surface area contributed by atoms with Crippen molar-refractivity contribution in [3.8, 4) is 23.0 Å². The van der Waals surface area contributed by atoms with E-state index in [9.17, 15) is 10.2 Å². The molecule has 2 aromatic carbocycles. The first kappa shape index (κ1) is 15.0. The minimum Gasteiger partial charge on any atom is -0.508 e. The van der Waals surface area contributed by atoms with Gasteiger partial charge < -0.3 is 14.9 Å². The molecule has 1 aliphatic rings. The van der Waals surface area contributed by atoms with E-state index in [-0.39, 0.29) is 17.4 Å². The fourth-order valence-corrected chi connectivity index (χ4v) is 2.83. The summed E-state index contributed by atoms with van der Waals surface area (Å²) in [6.45, 7) is 5.89. The summed E-state index contributed by atoms with van der Waals surface area (Å²) in [6, 6.07) is 10.2. The van der Waals surface area contributed by atoms with Gasteiger partial charge in [-0.25, -0.2) is 0 Å². The van der Waals surface area contributed by atoms with Crippen LogP contribution in [0.15, 0.2) is 72.9 Å². The molecule has 0 aromatic heterocycles. The van der Waals surface area contributed by atoms with E-state index < -0.39 is 0 Å². The van der Waals surface area contributed by atoms with Crippen molar-refractivity contribution >= 4 is 0 Å². The second-order valence-corrected chi connectivity index (χ2v) is 5.38. The minimum absolute atomic E-state index is 0.0661. The van der Waals surface area contributed by atoms with Gasteiger partial charge in [-0.1, -0.05) is 43.0 Å². The molecule has 0 unspecified atom stereocenters. The summed E-state index contributed by atoms with van der Waals surface area (Å²) in [5, 5.41) is 19.5. The van der Waals surface area contributed by atoms with Crippen LogP contribution in [0.2, 0.25) is 0 Å². The van der Waals surface area contributed by atoms with E-state index in [0.29, 0.717) is 11.5 Å². The highest BCUT2D eigenvalue weighted by Gasteiger charge is 2.29. The lowest BCUT2D eigenvalue weighted by atomic mass is 9.82. The Kier molecular flexibility index (Phi) is 3.94. The van der Waals surface area contributed by atoms with E-state index in [4.69, 9.17) is 4.74 Å². The lowest BCUT2D eigenvalue weighted by Gasteiger charge is -2.29. The van der Waals surface area contributed by atoms with E-state index >= 15 is 0 Å². The van der Waals surface area contributed by atoms with Gasteiger partial charge in [0.2, 0.25) is 0 Å². The van der Waals surface area contributed by atoms with Gasteiger partial charge in [-0.05, 0) is 24.6 Å². The third-order valence-corrected chi connectivity index (χ3v) is 3.89. The SMILES string of the molecule is C=C/C(=C\C=C/C)C1c2ccc(O)cc2Oc2cc(O)ccc21. The number of allylic oxidation sites excluding steroid dienone is 5. The Hall–Kier alpha value is -2.94. The zero-order valence-electron chi connectivity index (χ0n) is 12.9. The van der Waals surface area contributed by atoms with Crippen molar-refractivity contribution in [1.29, 1.82) is 0 Å². The Labute approximate surface area is 135 Å². The normalized spacial score (nSPS) is 14.2. The summed E-state index contributed by atoms with van der Waals surface area (Å²) in [5.74, 6) is 1.39. The number of phenols is 2. The maximum Gasteiger partial charge on any atom is 0.135 e. The van der Waals surface area contributed by atoms with Crippen molar-refractivity contribution in [1.82, 2.24) is 0 Å². The average Bonchev–Trinajstić information content (AvgIpc) is 2.54. The topological polar surface area (TPSA) is 49.7 Å². The molecule has 2 N–H and O–H groups in total. The average molecular weight is 306 g/mol. The van der Waals surface area contributed by atoms with Crippen molar-refractivity contribution in [3.63, 3.8) is 0 Å². The number of ether oxygens (including phenoxy) is 1. The second-order valence-electron chi connectivity index (χ2n) is 5.38. The van der Waals surface area contributed by atoms with Gasteiger partial charge in [0.25, 0.3) is 0 Å². The van der Waals surface area contributed by atoms with Crippen molar-refractivity contribution in [2.24, 2.45) is 0 Å². The molecule has 1 heterocycles. The van der Waals surface area contributed by atoms with Crippen LogP contribution in [0.4, 0.5) is 0 Å². The molecule has 1 aliphatic heterocycles. The van der Waals surface area contributed by atoms with Gasteiger partial charge in [0.1, 0.15) is 23.0 Å². The molecule has 0 aliphatic carbocycles. The van der Waals surface area contributed by atoms with Crippen LogP contribution in [0.1, 0.15) is 24.0 Å². The molecule has 3 heteroatoms. The maximum absolute atomic E-state index is 9.74. The molecule has 2 aromatic rings. The molecule has 0 fully saturated rings. The minimum atomic E-state index is -0.0661. The van der Waals surface area contributed by atoms with Gasteiger partial charge in [0, 0.05) is 29.2 Å². The predicted molar refractivity (Wildman–Crippen MR) is 91.2 cm³/mol. The number of hydrogen-bond donors (Lipinski definition) is 2. The van der Waals surface area contributed by atoms with Gasteiger partial charge in [-0.2, -0.15) is 0 Å². The molecular weight excluding hydrogens is 288 g/mol. The Balaban J connectivity index is 2.23. The molecule has 3 nitrogen and oxygen atoms in total. The molecule has 0 spiro atoms. The summed E-state index contributed by atoms with van der Waals surface area (Å²) in [4.78, 5) is 0. The van der Waals surface area contributed by atoms with Crippen LogP contribution >= 0.6 is 0 Å². The Morgan fingerprint density at radius 2 is 1.61 bits per heavy atom. The molecule has 23 heavy (non-hydrogen) atoms. The second kappa shape index (κ2) is 6.05. The Bertz CT molecular complexity index is 764. The Morgan fingerprint density at radius 3 is 2.09 bits per heavy atom. The Morgan fingerprint density at radius 1 is 1.04 bits per heavy atom. The van der Waals surface area contributed by atoms with Crippen LogP contribution in [0.25, 0.3) is 0 Å². The zero-order chi connectivity index (χ0) is 16.4. The zero-order valence-corrected chi connectivity index (χ0v) is 12.9. The molecule has 0 amide bonds. The number of phenolic OH excluding ortho intramolecular Hbond substituents is 2. The molecule has 116 valence electrons. The smallest absolute Gasteiger partial charge is 0.135 e. The van der Waals surface area contributed by atoms with E-state index in [1.54, 1.807) is 24.3 Å². The molecule has 0 saturated carbocycles. The number of benzene rings is 2. The number of fused-ring (bicyclic) bond motifs is 2. The lowest BCUT2D eigenvalue weighted by molar-refractivity contribution is 0.428. The highest BCUT2D eigenvalue weighted by molar-refractivity contribution is 5.61. The lowest BCUT2D eigenvalue weighted by Crippen LogP contribution is -2.11. The summed E-state index contributed by atoms with van der Waals surface area (Å²) in [6.07, 6.45) is 7.75. The number of hydrogen-bond acceptors (Lipinski definition) is 3. The summed E-state index contributed by atoms with van der Waals surface area (Å²) in [5.41, 5.74) is 2.93. The first-order valence-electron chi connectivity index (χ1n) is 7.43. The van der Waals surface area contributed by atoms with Crippen LogP contribution in [0.3, 0.4) is 0 Å². The van der Waals surface area contributed by atoms with Crippen LogP contribution in [-0.2, 0) is 0 Å². The van der Waals surface area contributed by atoms with Crippen LogP contribution in [0.5, 0.6) is 23.0 Å². The van der Waals surface area contributed by atoms with Crippen molar-refractivity contribution in [3.05, 3.63) is 84.0 Å². The monoisotopic (exact) mass is 306 g/mol. The van der Waals surface area contributed by atoms with Gasteiger partial charge in [0.15, 0.2) is 0 Å². The molecule has 0 saturated heterocycles. The predicted octanol–water partition coefficient (Wildman–Crippen LogP) is 5.02. The largest absolute Gasteiger partial charge is 0.508 e. The van der Waals surface area contributed by atoms with Gasteiger partial charge in [-0.15, -0.1) is 0 Å². The molecule has 0 radical (unpaired) electrons. The summed E-state index contributed by atoms with van der Waals surface area (Å²) in [7, 11) is 0. The first-order chi connectivity index (χ1) is 11.1. The van der Waals surface area contributed by atoms with Crippen LogP contribution < -0.4 is 4.74 Å². The number of rotatable bonds is 3. The molecule has 0 bridgehead atoms. The van der Waals surface area contributed by atoms with E-state index in [1.807, 2.05) is 43.4 Å². The fraction of sp³-hybridized carbons (Fsp3) is 0.100. The highest BCUT2D eigenvalue weighted by atomic mass is 16.5. The van der Waals surface area contributed by atoms with Crippen LogP contribution in [-0.4, -0.2) is 10.2 Å². The van der Waals surface area contributed by atoms with Crippen molar-refractivity contribution < 1.29 is 14.9 Å². The quantitative estimate of drug-likeness (QED) is 0.782. The third kappa shape index (κ3) is 2.73. The van der Waals surface area contributed by atoms with Crippen LogP contribution in [0, 0.1) is 0 Å². The van der Waals surface area contributed by atoms with Gasteiger partial charge in [-0.3, -0.25) is 0 Å². The summed E-state index contributed by atoms with van der Waals surface area (Å²) >= 11 is 0. The third-order valence-electron chi connectivity index (χ3n) is 3.89.